The molecule has 0 unspecified atom stereocenters. The standard InChI is InChI=1S/C84H90O16/c1-2-48-89-82-80(94-56-68-44-26-10-27-45-68)77(91-53-65-38-20-7-21-39-65)74(71(97-82)59-87-50-62-32-14-4-15-33-62)100-84-81(95-57-69-46-28-11-29-47-69)78(92-54-66-40-22-8-23-41-66)75(72(98-84)60-88-51-63-34-16-5-17-35-63)99-83-79(93-55-67-42-24-9-25-43-67)76(90-52-64-36-18-6-19-37-64)73(85)70(96-83)58-86-49-61-30-12-3-13-31-61/h2-47,70-85H,1,48-60H2/t70-,71-,72-,73-,74-,75-,76+,77+,78+,79+,80+,81+,82+,83+,84+/m1/s1. The SMILES string of the molecule is C=CCO[C@H]1O[C@H](COCc2ccccc2)[C@@H](O[C@@H]2O[C@H](COCc3ccccc3)[C@@H](O[C@@H]3O[C@H](COCc4ccccc4)[C@@H](O)[C@H](OCc4ccccc4)[C@@H]3OCc3ccccc3)[C@H](OCc3ccccc3)[C@@H]2OCc2ccccc2)[C@H](OCc2ccccc2)[C@@H]1OCc1ccccc1. The van der Waals surface area contributed by atoms with Crippen LogP contribution in [-0.2, 0) is 131 Å². The maximum atomic E-state index is 12.7. The highest BCUT2D eigenvalue weighted by molar-refractivity contribution is 5.21. The summed E-state index contributed by atoms with van der Waals surface area (Å²) < 4.78 is 107. The Morgan fingerprint density at radius 1 is 0.260 bits per heavy atom. The first-order chi connectivity index (χ1) is 49.5. The predicted molar refractivity (Wildman–Crippen MR) is 376 cm³/mol. The van der Waals surface area contributed by atoms with E-state index in [1.807, 2.05) is 273 Å². The van der Waals surface area contributed by atoms with Crippen molar-refractivity contribution in [1.82, 2.24) is 0 Å². The van der Waals surface area contributed by atoms with E-state index in [1.165, 1.54) is 0 Å². The third-order valence-corrected chi connectivity index (χ3v) is 17.7. The van der Waals surface area contributed by atoms with E-state index in [9.17, 15) is 5.11 Å². The lowest BCUT2D eigenvalue weighted by molar-refractivity contribution is -0.394. The van der Waals surface area contributed by atoms with Crippen LogP contribution in [0, 0.1) is 0 Å². The maximum absolute atomic E-state index is 12.7. The molecule has 15 atom stereocenters. The Morgan fingerprint density at radius 3 is 0.790 bits per heavy atom. The van der Waals surface area contributed by atoms with Gasteiger partial charge in [-0.2, -0.15) is 0 Å². The van der Waals surface area contributed by atoms with Crippen molar-refractivity contribution in [2.24, 2.45) is 0 Å². The number of aliphatic hydroxyl groups excluding tert-OH is 1. The highest BCUT2D eigenvalue weighted by atomic mass is 16.8. The molecule has 3 fully saturated rings. The molecule has 16 heteroatoms. The molecule has 3 heterocycles. The third kappa shape index (κ3) is 21.1. The van der Waals surface area contributed by atoms with E-state index < -0.39 is 92.1 Å². The monoisotopic (exact) mass is 1350 g/mol. The average Bonchev–Trinajstić information content (AvgIpc) is 0.764. The molecule has 3 saturated heterocycles. The molecule has 3 aliphatic heterocycles. The van der Waals surface area contributed by atoms with Gasteiger partial charge in [0.1, 0.15) is 73.2 Å². The fourth-order valence-electron chi connectivity index (χ4n) is 12.5. The molecule has 0 radical (unpaired) electrons. The Bertz CT molecular complexity index is 3690. The molecule has 9 aromatic rings. The zero-order valence-electron chi connectivity index (χ0n) is 56.2. The van der Waals surface area contributed by atoms with Crippen LogP contribution in [0.2, 0.25) is 0 Å². The molecule has 0 aliphatic carbocycles. The summed E-state index contributed by atoms with van der Waals surface area (Å²) in [4.78, 5) is 0. The molecule has 0 bridgehead atoms. The van der Waals surface area contributed by atoms with Crippen LogP contribution in [0.4, 0.5) is 0 Å². The summed E-state index contributed by atoms with van der Waals surface area (Å²) in [6, 6.07) is 89.1. The van der Waals surface area contributed by atoms with Crippen molar-refractivity contribution < 1.29 is 76.2 Å². The van der Waals surface area contributed by atoms with Crippen molar-refractivity contribution in [3.05, 3.63) is 336 Å². The van der Waals surface area contributed by atoms with Crippen molar-refractivity contribution in [3.8, 4) is 0 Å². The molecule has 0 aromatic heterocycles. The minimum Gasteiger partial charge on any atom is -0.387 e. The molecular weight excluding hydrogens is 1260 g/mol. The first kappa shape index (κ1) is 71.9. The van der Waals surface area contributed by atoms with E-state index in [1.54, 1.807) is 6.08 Å². The van der Waals surface area contributed by atoms with Gasteiger partial charge in [0.05, 0.1) is 85.9 Å². The van der Waals surface area contributed by atoms with E-state index in [0.717, 1.165) is 50.1 Å². The second-order valence-corrected chi connectivity index (χ2v) is 25.0. The molecule has 9 aromatic carbocycles. The molecule has 1 N–H and O–H groups in total. The maximum Gasteiger partial charge on any atom is 0.187 e. The van der Waals surface area contributed by atoms with Gasteiger partial charge in [0.2, 0.25) is 0 Å². The highest BCUT2D eigenvalue weighted by Crippen LogP contribution is 2.39. The number of benzene rings is 9. The van der Waals surface area contributed by atoms with Gasteiger partial charge in [0, 0.05) is 0 Å². The van der Waals surface area contributed by atoms with Crippen LogP contribution >= 0.6 is 0 Å². The molecule has 3 aliphatic rings. The summed E-state index contributed by atoms with van der Waals surface area (Å²) in [6.07, 6.45) is -14.4. The van der Waals surface area contributed by atoms with Crippen molar-refractivity contribution in [2.45, 2.75) is 152 Å². The van der Waals surface area contributed by atoms with Gasteiger partial charge in [-0.1, -0.05) is 279 Å². The molecule has 0 amide bonds. The Morgan fingerprint density at radius 2 is 0.490 bits per heavy atom. The number of ether oxygens (including phenoxy) is 15. The minimum absolute atomic E-state index is 0.0225. The summed E-state index contributed by atoms with van der Waals surface area (Å²) >= 11 is 0. The second-order valence-electron chi connectivity index (χ2n) is 25.0. The van der Waals surface area contributed by atoms with E-state index in [0.29, 0.717) is 0 Å². The normalized spacial score (nSPS) is 25.3. The van der Waals surface area contributed by atoms with Gasteiger partial charge < -0.3 is 76.2 Å². The lowest BCUT2D eigenvalue weighted by Gasteiger charge is -2.51. The molecule has 12 rings (SSSR count). The number of rotatable bonds is 37. The van der Waals surface area contributed by atoms with Gasteiger partial charge in [-0.15, -0.1) is 6.58 Å². The molecule has 100 heavy (non-hydrogen) atoms. The highest BCUT2D eigenvalue weighted by Gasteiger charge is 2.57. The molecule has 522 valence electrons. The van der Waals surface area contributed by atoms with Crippen LogP contribution in [-0.4, -0.2) is 124 Å². The first-order valence-electron chi connectivity index (χ1n) is 34.4. The molecule has 0 spiro atoms. The Hall–Kier alpha value is -7.92. The van der Waals surface area contributed by atoms with Gasteiger partial charge in [0.25, 0.3) is 0 Å². The number of aliphatic hydroxyl groups is 1. The van der Waals surface area contributed by atoms with Crippen molar-refractivity contribution in [2.75, 3.05) is 26.4 Å². The Balaban J connectivity index is 0.972. The van der Waals surface area contributed by atoms with Gasteiger partial charge in [0.15, 0.2) is 18.9 Å². The fourth-order valence-corrected chi connectivity index (χ4v) is 12.5. The summed E-state index contributed by atoms with van der Waals surface area (Å²) in [7, 11) is 0. The van der Waals surface area contributed by atoms with Crippen molar-refractivity contribution >= 4 is 0 Å². The third-order valence-electron chi connectivity index (χ3n) is 17.7. The van der Waals surface area contributed by atoms with E-state index in [-0.39, 0.29) is 85.9 Å². The quantitative estimate of drug-likeness (QED) is 0.0366. The van der Waals surface area contributed by atoms with Gasteiger partial charge in [-0.25, -0.2) is 0 Å². The zero-order chi connectivity index (χ0) is 68.2. The second kappa shape index (κ2) is 38.8. The molecule has 16 nitrogen and oxygen atoms in total. The summed E-state index contributed by atoms with van der Waals surface area (Å²) in [6.45, 7) is 5.59. The average molecular weight is 1360 g/mol. The zero-order valence-corrected chi connectivity index (χ0v) is 56.2. The number of hydrogen-bond acceptors (Lipinski definition) is 16. The lowest BCUT2D eigenvalue weighted by Crippen LogP contribution is -2.68. The van der Waals surface area contributed by atoms with Gasteiger partial charge >= 0.3 is 0 Å². The van der Waals surface area contributed by atoms with Gasteiger partial charge in [-0.3, -0.25) is 0 Å². The minimum atomic E-state index is -1.30. The Kier molecular flexibility index (Phi) is 27.9. The van der Waals surface area contributed by atoms with Crippen LogP contribution in [0.15, 0.2) is 286 Å². The van der Waals surface area contributed by atoms with E-state index >= 15 is 0 Å². The van der Waals surface area contributed by atoms with Crippen LogP contribution in [0.5, 0.6) is 0 Å². The fraction of sp³-hybridized carbons (Fsp3) is 0.333. The molecular formula is C84H90O16. The predicted octanol–water partition coefficient (Wildman–Crippen LogP) is 13.7. The first-order valence-corrected chi connectivity index (χ1v) is 34.4. The van der Waals surface area contributed by atoms with Gasteiger partial charge in [-0.05, 0) is 50.1 Å². The van der Waals surface area contributed by atoms with Crippen molar-refractivity contribution in [3.63, 3.8) is 0 Å². The largest absolute Gasteiger partial charge is 0.387 e. The van der Waals surface area contributed by atoms with E-state index in [2.05, 4.69) is 6.58 Å². The van der Waals surface area contributed by atoms with Crippen LogP contribution in [0.1, 0.15) is 50.1 Å². The summed E-state index contributed by atoms with van der Waals surface area (Å²) in [5.74, 6) is 0. The van der Waals surface area contributed by atoms with Crippen LogP contribution < -0.4 is 0 Å². The van der Waals surface area contributed by atoms with E-state index in [4.69, 9.17) is 71.1 Å². The smallest absolute Gasteiger partial charge is 0.187 e. The lowest BCUT2D eigenvalue weighted by atomic mass is 9.95. The summed E-state index contributed by atoms with van der Waals surface area (Å²) in [5.41, 5.74) is 8.22. The Labute approximate surface area is 587 Å². The van der Waals surface area contributed by atoms with Crippen LogP contribution in [0.25, 0.3) is 0 Å². The number of hydrogen-bond donors (Lipinski definition) is 1. The molecule has 0 saturated carbocycles. The van der Waals surface area contributed by atoms with Crippen molar-refractivity contribution in [1.29, 1.82) is 0 Å². The summed E-state index contributed by atoms with van der Waals surface area (Å²) in [5, 5.41) is 12.7. The van der Waals surface area contributed by atoms with Crippen LogP contribution in [0.3, 0.4) is 0 Å². The topological polar surface area (TPSA) is 159 Å².